The number of hydrogen-bond donors (Lipinski definition) is 2. The van der Waals surface area contributed by atoms with Gasteiger partial charge in [-0.05, 0) is 35.6 Å². The summed E-state index contributed by atoms with van der Waals surface area (Å²) in [6.45, 7) is 1.81. The number of hydrogen-bond acceptors (Lipinski definition) is 3. The molecular weight excluding hydrogens is 293 g/mol. The van der Waals surface area contributed by atoms with Crippen molar-refractivity contribution in [2.45, 2.75) is 19.4 Å². The van der Waals surface area contributed by atoms with E-state index in [4.69, 9.17) is 5.11 Å². The van der Waals surface area contributed by atoms with Crippen molar-refractivity contribution >= 4 is 23.2 Å². The third-order valence-electron chi connectivity index (χ3n) is 3.06. The van der Waals surface area contributed by atoms with E-state index >= 15 is 0 Å². The van der Waals surface area contributed by atoms with Crippen molar-refractivity contribution in [1.82, 2.24) is 5.32 Å². The Labute approximate surface area is 125 Å². The largest absolute Gasteiger partial charge is 0.481 e. The molecule has 0 aliphatic heterocycles. The van der Waals surface area contributed by atoms with Gasteiger partial charge in [-0.3, -0.25) is 9.59 Å². The smallest absolute Gasteiger partial charge is 0.305 e. The van der Waals surface area contributed by atoms with Gasteiger partial charge in [0.15, 0.2) is 0 Å². The zero-order valence-electron chi connectivity index (χ0n) is 11.3. The van der Waals surface area contributed by atoms with Crippen LogP contribution in [-0.4, -0.2) is 17.0 Å². The number of rotatable bonds is 5. The van der Waals surface area contributed by atoms with E-state index in [0.29, 0.717) is 11.1 Å². The molecule has 4 nitrogen and oxygen atoms in total. The number of carboxylic acids is 1. The van der Waals surface area contributed by atoms with Crippen molar-refractivity contribution < 1.29 is 19.1 Å². The van der Waals surface area contributed by atoms with E-state index in [-0.39, 0.29) is 12.3 Å². The number of benzene rings is 1. The van der Waals surface area contributed by atoms with Gasteiger partial charge in [-0.1, -0.05) is 12.1 Å². The minimum atomic E-state index is -1.04. The molecule has 1 aromatic carbocycles. The normalized spacial score (nSPS) is 11.9. The number of aliphatic carboxylic acids is 1. The zero-order valence-corrected chi connectivity index (χ0v) is 12.1. The first-order chi connectivity index (χ1) is 9.97. The summed E-state index contributed by atoms with van der Waals surface area (Å²) in [6.07, 6.45) is -0.263. The van der Waals surface area contributed by atoms with Crippen LogP contribution in [0.2, 0.25) is 0 Å². The Balaban J connectivity index is 2.20. The van der Waals surface area contributed by atoms with E-state index in [1.165, 1.54) is 35.6 Å². The monoisotopic (exact) mass is 307 g/mol. The van der Waals surface area contributed by atoms with Crippen LogP contribution in [0.15, 0.2) is 35.0 Å². The molecule has 1 aromatic heterocycles. The first-order valence-electron chi connectivity index (χ1n) is 6.28. The topological polar surface area (TPSA) is 66.4 Å². The highest BCUT2D eigenvalue weighted by Gasteiger charge is 2.20. The van der Waals surface area contributed by atoms with E-state index in [0.717, 1.165) is 5.56 Å². The standard InChI is InChI=1S/C15H14FNO3S/c1-9-7-21-8-12(9)15(20)17-13(6-14(18)19)10-2-4-11(16)5-3-10/h2-5,7-8,13H,6H2,1H3,(H,17,20)(H,18,19)/t13-/m0/s1. The van der Waals surface area contributed by atoms with Gasteiger partial charge in [-0.25, -0.2) is 4.39 Å². The van der Waals surface area contributed by atoms with E-state index in [1.807, 2.05) is 12.3 Å². The molecule has 2 aromatic rings. The molecule has 0 fully saturated rings. The van der Waals surface area contributed by atoms with E-state index < -0.39 is 17.8 Å². The van der Waals surface area contributed by atoms with Gasteiger partial charge in [-0.15, -0.1) is 0 Å². The molecule has 2 rings (SSSR count). The summed E-state index contributed by atoms with van der Waals surface area (Å²) in [5, 5.41) is 15.2. The molecule has 0 aliphatic rings. The molecule has 0 unspecified atom stereocenters. The van der Waals surface area contributed by atoms with Gasteiger partial charge in [0.1, 0.15) is 5.82 Å². The predicted octanol–water partition coefficient (Wildman–Crippen LogP) is 3.14. The summed E-state index contributed by atoms with van der Waals surface area (Å²) in [5.41, 5.74) is 1.92. The Kier molecular flexibility index (Phi) is 4.70. The maximum absolute atomic E-state index is 12.9. The second kappa shape index (κ2) is 6.49. The number of halogens is 1. The van der Waals surface area contributed by atoms with Crippen LogP contribution < -0.4 is 5.32 Å². The highest BCUT2D eigenvalue weighted by Crippen LogP contribution is 2.20. The molecule has 0 spiro atoms. The molecule has 0 aliphatic carbocycles. The van der Waals surface area contributed by atoms with Gasteiger partial charge in [0.05, 0.1) is 18.0 Å². The number of nitrogens with one attached hydrogen (secondary N) is 1. The van der Waals surface area contributed by atoms with Crippen molar-refractivity contribution in [3.63, 3.8) is 0 Å². The molecule has 0 radical (unpaired) electrons. The minimum absolute atomic E-state index is 0.263. The van der Waals surface area contributed by atoms with Gasteiger partial charge >= 0.3 is 5.97 Å². The molecule has 2 N–H and O–H groups in total. The average molecular weight is 307 g/mol. The molecule has 0 bridgehead atoms. The summed E-state index contributed by atoms with van der Waals surface area (Å²) in [6, 6.07) is 4.74. The lowest BCUT2D eigenvalue weighted by Gasteiger charge is -2.17. The maximum atomic E-state index is 12.9. The van der Waals surface area contributed by atoms with Crippen LogP contribution in [0.1, 0.15) is 33.9 Å². The van der Waals surface area contributed by atoms with Crippen molar-refractivity contribution in [2.75, 3.05) is 0 Å². The zero-order chi connectivity index (χ0) is 15.4. The van der Waals surface area contributed by atoms with E-state index in [2.05, 4.69) is 5.32 Å². The van der Waals surface area contributed by atoms with Crippen molar-refractivity contribution in [1.29, 1.82) is 0 Å². The molecule has 1 amide bonds. The highest BCUT2D eigenvalue weighted by molar-refractivity contribution is 7.08. The predicted molar refractivity (Wildman–Crippen MR) is 77.9 cm³/mol. The van der Waals surface area contributed by atoms with Gasteiger partial charge in [-0.2, -0.15) is 11.3 Å². The lowest BCUT2D eigenvalue weighted by atomic mass is 10.0. The van der Waals surface area contributed by atoms with Crippen LogP contribution in [0.3, 0.4) is 0 Å². The Hall–Kier alpha value is -2.21. The molecular formula is C15H14FNO3S. The first-order valence-corrected chi connectivity index (χ1v) is 7.22. The van der Waals surface area contributed by atoms with Gasteiger partial charge < -0.3 is 10.4 Å². The SMILES string of the molecule is Cc1cscc1C(=O)N[C@@H](CC(=O)O)c1ccc(F)cc1. The molecule has 0 saturated carbocycles. The fraction of sp³-hybridized carbons (Fsp3) is 0.200. The number of aryl methyl sites for hydroxylation is 1. The molecule has 21 heavy (non-hydrogen) atoms. The summed E-state index contributed by atoms with van der Waals surface area (Å²) in [4.78, 5) is 23.1. The van der Waals surface area contributed by atoms with Crippen molar-refractivity contribution in [2.24, 2.45) is 0 Å². The molecule has 110 valence electrons. The lowest BCUT2D eigenvalue weighted by molar-refractivity contribution is -0.137. The summed E-state index contributed by atoms with van der Waals surface area (Å²) >= 11 is 1.41. The van der Waals surface area contributed by atoms with Crippen LogP contribution in [-0.2, 0) is 4.79 Å². The number of thiophene rings is 1. The van der Waals surface area contributed by atoms with Crippen LogP contribution in [0, 0.1) is 12.7 Å². The van der Waals surface area contributed by atoms with Gasteiger partial charge in [0.25, 0.3) is 5.91 Å². The van der Waals surface area contributed by atoms with Crippen molar-refractivity contribution in [3.8, 4) is 0 Å². The molecule has 6 heteroatoms. The maximum Gasteiger partial charge on any atom is 0.305 e. The Morgan fingerprint density at radius 1 is 1.29 bits per heavy atom. The second-order valence-electron chi connectivity index (χ2n) is 4.64. The summed E-state index contributed by atoms with van der Waals surface area (Å²) in [7, 11) is 0. The van der Waals surface area contributed by atoms with Crippen LogP contribution >= 0.6 is 11.3 Å². The fourth-order valence-electron chi connectivity index (χ4n) is 1.95. The number of carbonyl (C=O) groups is 2. The highest BCUT2D eigenvalue weighted by atomic mass is 32.1. The molecule has 1 heterocycles. The molecule has 1 atom stereocenters. The lowest BCUT2D eigenvalue weighted by Crippen LogP contribution is -2.30. The third-order valence-corrected chi connectivity index (χ3v) is 3.92. The molecule has 0 saturated heterocycles. The Bertz CT molecular complexity index is 651. The minimum Gasteiger partial charge on any atom is -0.481 e. The van der Waals surface area contributed by atoms with E-state index in [9.17, 15) is 14.0 Å². The number of amides is 1. The fourth-order valence-corrected chi connectivity index (χ4v) is 2.78. The summed E-state index contributed by atoms with van der Waals surface area (Å²) < 4.78 is 12.9. The first kappa shape index (κ1) is 15.2. The summed E-state index contributed by atoms with van der Waals surface area (Å²) in [5.74, 6) is -1.77. The van der Waals surface area contributed by atoms with Crippen LogP contribution in [0.5, 0.6) is 0 Å². The number of carbonyl (C=O) groups excluding carboxylic acids is 1. The number of carboxylic acid groups (broad SMARTS) is 1. The third kappa shape index (κ3) is 3.88. The quantitative estimate of drug-likeness (QED) is 0.892. The average Bonchev–Trinajstić information content (AvgIpc) is 2.84. The second-order valence-corrected chi connectivity index (χ2v) is 5.39. The van der Waals surface area contributed by atoms with Crippen molar-refractivity contribution in [3.05, 3.63) is 57.5 Å². The Morgan fingerprint density at radius 3 is 2.48 bits per heavy atom. The van der Waals surface area contributed by atoms with Gasteiger partial charge in [0, 0.05) is 5.38 Å². The van der Waals surface area contributed by atoms with Crippen LogP contribution in [0.4, 0.5) is 4.39 Å². The van der Waals surface area contributed by atoms with Crippen LogP contribution in [0.25, 0.3) is 0 Å². The van der Waals surface area contributed by atoms with E-state index in [1.54, 1.807) is 5.38 Å². The Morgan fingerprint density at radius 2 is 1.95 bits per heavy atom. The van der Waals surface area contributed by atoms with Gasteiger partial charge in [0.2, 0.25) is 0 Å².